The predicted octanol–water partition coefficient (Wildman–Crippen LogP) is 2.07. The van der Waals surface area contributed by atoms with E-state index in [0.717, 1.165) is 12.8 Å². The van der Waals surface area contributed by atoms with Crippen molar-refractivity contribution in [2.24, 2.45) is 0 Å². The Bertz CT molecular complexity index is 138. The van der Waals surface area contributed by atoms with E-state index in [4.69, 9.17) is 0 Å². The Morgan fingerprint density at radius 2 is 2.23 bits per heavy atom. The number of nitrogens with one attached hydrogen (secondary N) is 1. The second-order valence-electron chi connectivity index (χ2n) is 4.31. The summed E-state index contributed by atoms with van der Waals surface area (Å²) in [5, 5.41) is 13.1. The van der Waals surface area contributed by atoms with Crippen molar-refractivity contribution >= 4 is 0 Å². The molecule has 0 heterocycles. The van der Waals surface area contributed by atoms with Gasteiger partial charge < -0.3 is 10.4 Å². The smallest absolute Gasteiger partial charge is 0.0693 e. The van der Waals surface area contributed by atoms with Gasteiger partial charge in [0.05, 0.1) is 6.10 Å². The summed E-state index contributed by atoms with van der Waals surface area (Å²) in [6.07, 6.45) is 7.01. The molecule has 0 saturated heterocycles. The molecule has 0 spiro atoms. The number of aliphatic hydroxyl groups excluding tert-OH is 1. The van der Waals surface area contributed by atoms with Gasteiger partial charge in [-0.15, -0.1) is 0 Å². The summed E-state index contributed by atoms with van der Waals surface area (Å²) in [7, 11) is 0. The van der Waals surface area contributed by atoms with Crippen LogP contribution in [0.15, 0.2) is 0 Å². The zero-order valence-electron chi connectivity index (χ0n) is 8.92. The fourth-order valence-electron chi connectivity index (χ4n) is 2.09. The second-order valence-corrected chi connectivity index (χ2v) is 4.31. The number of unbranched alkanes of at least 4 members (excludes halogenated alkanes) is 1. The Morgan fingerprint density at radius 3 is 2.77 bits per heavy atom. The van der Waals surface area contributed by atoms with Crippen LogP contribution in [0.2, 0.25) is 0 Å². The third kappa shape index (κ3) is 3.65. The monoisotopic (exact) mass is 185 g/mol. The van der Waals surface area contributed by atoms with Crippen molar-refractivity contribution in [3.8, 4) is 0 Å². The van der Waals surface area contributed by atoms with Crippen LogP contribution in [0.4, 0.5) is 0 Å². The number of aliphatic hydroxyl groups is 1. The van der Waals surface area contributed by atoms with Crippen molar-refractivity contribution in [3.05, 3.63) is 0 Å². The minimum absolute atomic E-state index is 0.0934. The molecule has 3 atom stereocenters. The third-order valence-corrected chi connectivity index (χ3v) is 2.97. The zero-order chi connectivity index (χ0) is 9.68. The van der Waals surface area contributed by atoms with Crippen molar-refractivity contribution in [1.29, 1.82) is 0 Å². The molecule has 78 valence electrons. The summed E-state index contributed by atoms with van der Waals surface area (Å²) in [6, 6.07) is 0.935. The SMILES string of the molecule is CCCCC(C)NC1CCCC1O. The minimum Gasteiger partial charge on any atom is -0.392 e. The van der Waals surface area contributed by atoms with Crippen LogP contribution < -0.4 is 5.32 Å². The van der Waals surface area contributed by atoms with Gasteiger partial charge >= 0.3 is 0 Å². The van der Waals surface area contributed by atoms with Gasteiger partial charge in [-0.3, -0.25) is 0 Å². The molecular formula is C11H23NO. The van der Waals surface area contributed by atoms with Crippen LogP contribution in [0.3, 0.4) is 0 Å². The lowest BCUT2D eigenvalue weighted by atomic mass is 10.1. The van der Waals surface area contributed by atoms with Crippen LogP contribution in [0.25, 0.3) is 0 Å². The quantitative estimate of drug-likeness (QED) is 0.687. The first-order valence-electron chi connectivity index (χ1n) is 5.68. The molecule has 0 aliphatic heterocycles. The molecular weight excluding hydrogens is 162 g/mol. The molecule has 1 rings (SSSR count). The molecule has 2 nitrogen and oxygen atoms in total. The normalized spacial score (nSPS) is 30.7. The van der Waals surface area contributed by atoms with E-state index in [1.807, 2.05) is 0 Å². The van der Waals surface area contributed by atoms with E-state index in [-0.39, 0.29) is 6.10 Å². The van der Waals surface area contributed by atoms with Crippen molar-refractivity contribution < 1.29 is 5.11 Å². The van der Waals surface area contributed by atoms with E-state index in [1.54, 1.807) is 0 Å². The Labute approximate surface area is 81.7 Å². The van der Waals surface area contributed by atoms with Gasteiger partial charge in [-0.25, -0.2) is 0 Å². The molecule has 3 unspecified atom stereocenters. The molecule has 1 aliphatic carbocycles. The topological polar surface area (TPSA) is 32.3 Å². The number of hydrogen-bond acceptors (Lipinski definition) is 2. The molecule has 0 radical (unpaired) electrons. The van der Waals surface area contributed by atoms with Crippen molar-refractivity contribution in [1.82, 2.24) is 5.32 Å². The van der Waals surface area contributed by atoms with Gasteiger partial charge in [0.25, 0.3) is 0 Å². The highest BCUT2D eigenvalue weighted by Gasteiger charge is 2.25. The summed E-state index contributed by atoms with van der Waals surface area (Å²) in [6.45, 7) is 4.44. The minimum atomic E-state index is -0.0934. The van der Waals surface area contributed by atoms with Gasteiger partial charge in [-0.1, -0.05) is 19.8 Å². The van der Waals surface area contributed by atoms with Gasteiger partial charge in [-0.05, 0) is 32.6 Å². The first-order chi connectivity index (χ1) is 6.24. The lowest BCUT2D eigenvalue weighted by Crippen LogP contribution is -2.41. The Hall–Kier alpha value is -0.0800. The highest BCUT2D eigenvalue weighted by Crippen LogP contribution is 2.19. The molecule has 0 aromatic rings. The average molecular weight is 185 g/mol. The van der Waals surface area contributed by atoms with Gasteiger partial charge in [0, 0.05) is 12.1 Å². The van der Waals surface area contributed by atoms with E-state index in [2.05, 4.69) is 19.2 Å². The van der Waals surface area contributed by atoms with E-state index >= 15 is 0 Å². The van der Waals surface area contributed by atoms with E-state index in [9.17, 15) is 5.11 Å². The first kappa shape index (κ1) is 11.0. The van der Waals surface area contributed by atoms with E-state index in [1.165, 1.54) is 25.7 Å². The lowest BCUT2D eigenvalue weighted by Gasteiger charge is -2.21. The van der Waals surface area contributed by atoms with Crippen molar-refractivity contribution in [2.45, 2.75) is 70.6 Å². The van der Waals surface area contributed by atoms with Crippen molar-refractivity contribution in [3.63, 3.8) is 0 Å². The summed E-state index contributed by atoms with van der Waals surface area (Å²) in [4.78, 5) is 0. The molecule has 0 aromatic heterocycles. The summed E-state index contributed by atoms with van der Waals surface area (Å²) >= 11 is 0. The lowest BCUT2D eigenvalue weighted by molar-refractivity contribution is 0.143. The van der Waals surface area contributed by atoms with Gasteiger partial charge in [0.15, 0.2) is 0 Å². The van der Waals surface area contributed by atoms with Crippen LogP contribution in [0.5, 0.6) is 0 Å². The predicted molar refractivity (Wildman–Crippen MR) is 55.8 cm³/mol. The van der Waals surface area contributed by atoms with Crippen LogP contribution in [-0.2, 0) is 0 Å². The van der Waals surface area contributed by atoms with E-state index < -0.39 is 0 Å². The van der Waals surface area contributed by atoms with Gasteiger partial charge in [-0.2, -0.15) is 0 Å². The third-order valence-electron chi connectivity index (χ3n) is 2.97. The molecule has 13 heavy (non-hydrogen) atoms. The maximum atomic E-state index is 9.60. The Balaban J connectivity index is 2.15. The van der Waals surface area contributed by atoms with Crippen LogP contribution in [-0.4, -0.2) is 23.3 Å². The maximum Gasteiger partial charge on any atom is 0.0693 e. The Morgan fingerprint density at radius 1 is 1.46 bits per heavy atom. The molecule has 0 amide bonds. The van der Waals surface area contributed by atoms with Gasteiger partial charge in [0.1, 0.15) is 0 Å². The van der Waals surface area contributed by atoms with Crippen molar-refractivity contribution in [2.75, 3.05) is 0 Å². The summed E-state index contributed by atoms with van der Waals surface area (Å²) < 4.78 is 0. The summed E-state index contributed by atoms with van der Waals surface area (Å²) in [5.41, 5.74) is 0. The van der Waals surface area contributed by atoms with Crippen LogP contribution >= 0.6 is 0 Å². The standard InChI is InChI=1S/C11H23NO/c1-3-4-6-9(2)12-10-7-5-8-11(10)13/h9-13H,3-8H2,1-2H3. The molecule has 2 heteroatoms. The Kier molecular flexibility index (Phi) is 4.74. The van der Waals surface area contributed by atoms with Crippen LogP contribution in [0.1, 0.15) is 52.4 Å². The number of hydrogen-bond donors (Lipinski definition) is 2. The molecule has 1 saturated carbocycles. The van der Waals surface area contributed by atoms with Crippen LogP contribution in [0, 0.1) is 0 Å². The van der Waals surface area contributed by atoms with E-state index in [0.29, 0.717) is 12.1 Å². The average Bonchev–Trinajstić information content (AvgIpc) is 2.48. The molecule has 0 aromatic carbocycles. The fourth-order valence-corrected chi connectivity index (χ4v) is 2.09. The molecule has 1 aliphatic rings. The fraction of sp³-hybridized carbons (Fsp3) is 1.00. The highest BCUT2D eigenvalue weighted by atomic mass is 16.3. The first-order valence-corrected chi connectivity index (χ1v) is 5.68. The second kappa shape index (κ2) is 5.61. The molecule has 2 N–H and O–H groups in total. The van der Waals surface area contributed by atoms with Gasteiger partial charge in [0.2, 0.25) is 0 Å². The number of rotatable bonds is 5. The summed E-state index contributed by atoms with van der Waals surface area (Å²) in [5.74, 6) is 0. The highest BCUT2D eigenvalue weighted by molar-refractivity contribution is 4.84. The molecule has 0 bridgehead atoms. The maximum absolute atomic E-state index is 9.60. The zero-order valence-corrected chi connectivity index (χ0v) is 8.92. The largest absolute Gasteiger partial charge is 0.392 e. The molecule has 1 fully saturated rings.